The maximum Gasteiger partial charge on any atom is 0.144 e. The van der Waals surface area contributed by atoms with E-state index in [0.29, 0.717) is 30.2 Å². The second kappa shape index (κ2) is 10.9. The quantitative estimate of drug-likeness (QED) is 0.438. The molecule has 0 aromatic heterocycles. The molecule has 158 valence electrons. The van der Waals surface area contributed by atoms with Crippen LogP contribution in [0.25, 0.3) is 0 Å². The molecule has 2 aliphatic carbocycles. The number of hydrogen-bond acceptors (Lipinski definition) is 1. The molecule has 0 saturated heterocycles. The fourth-order valence-corrected chi connectivity index (χ4v) is 5.36. The molecule has 1 aromatic rings. The molecule has 2 fully saturated rings. The van der Waals surface area contributed by atoms with Crippen molar-refractivity contribution in [3.8, 4) is 6.07 Å². The van der Waals surface area contributed by atoms with Gasteiger partial charge in [0, 0.05) is 0 Å². The largest absolute Gasteiger partial charge is 0.251 e. The highest BCUT2D eigenvalue weighted by Gasteiger charge is 2.30. The molecule has 3 rings (SSSR count). The van der Waals surface area contributed by atoms with Crippen molar-refractivity contribution in [2.75, 3.05) is 6.67 Å². The number of rotatable bonds is 7. The summed E-state index contributed by atoms with van der Waals surface area (Å²) in [5, 5.41) is 8.77. The Morgan fingerprint density at radius 3 is 2.07 bits per heavy atom. The molecule has 0 aliphatic heterocycles. The molecule has 2 aliphatic rings. The second-order valence-electron chi connectivity index (χ2n) is 8.95. The molecule has 0 radical (unpaired) electrons. The van der Waals surface area contributed by atoms with Gasteiger partial charge in [0.15, 0.2) is 0 Å². The van der Waals surface area contributed by atoms with Crippen LogP contribution < -0.4 is 0 Å². The molecule has 0 spiro atoms. The number of nitriles is 1. The first-order chi connectivity index (χ1) is 14.1. The highest BCUT2D eigenvalue weighted by Crippen LogP contribution is 2.42. The van der Waals surface area contributed by atoms with E-state index in [0.717, 1.165) is 18.3 Å². The Hall–Kier alpha value is -1.76. The molecule has 0 atom stereocenters. The number of halogens is 3. The fraction of sp³-hybridized carbons (Fsp3) is 0.640. The first-order valence-electron chi connectivity index (χ1n) is 11.2. The summed E-state index contributed by atoms with van der Waals surface area (Å²) >= 11 is 0. The van der Waals surface area contributed by atoms with E-state index in [2.05, 4.69) is 6.08 Å². The predicted molar refractivity (Wildman–Crippen MR) is 110 cm³/mol. The van der Waals surface area contributed by atoms with E-state index < -0.39 is 17.2 Å². The van der Waals surface area contributed by atoms with Gasteiger partial charge in [-0.3, -0.25) is 4.39 Å². The zero-order valence-electron chi connectivity index (χ0n) is 17.2. The summed E-state index contributed by atoms with van der Waals surface area (Å²) in [6.07, 6.45) is 16.4. The fourth-order valence-electron chi connectivity index (χ4n) is 5.36. The third-order valence-corrected chi connectivity index (χ3v) is 7.11. The van der Waals surface area contributed by atoms with Crippen molar-refractivity contribution in [2.45, 2.75) is 70.6 Å². The van der Waals surface area contributed by atoms with Crippen LogP contribution in [0.5, 0.6) is 0 Å². The summed E-state index contributed by atoms with van der Waals surface area (Å²) in [4.78, 5) is 0. The highest BCUT2D eigenvalue weighted by molar-refractivity contribution is 5.35. The van der Waals surface area contributed by atoms with Gasteiger partial charge in [0.25, 0.3) is 0 Å². The van der Waals surface area contributed by atoms with Crippen molar-refractivity contribution in [1.29, 1.82) is 5.26 Å². The van der Waals surface area contributed by atoms with E-state index in [4.69, 9.17) is 5.26 Å². The van der Waals surface area contributed by atoms with Crippen LogP contribution in [0.1, 0.15) is 75.3 Å². The Morgan fingerprint density at radius 1 is 0.931 bits per heavy atom. The summed E-state index contributed by atoms with van der Waals surface area (Å²) in [6.45, 7) is -0.260. The smallest absolute Gasteiger partial charge is 0.144 e. The molecule has 0 N–H and O–H groups in total. The van der Waals surface area contributed by atoms with Gasteiger partial charge in [-0.1, -0.05) is 25.0 Å². The lowest BCUT2D eigenvalue weighted by atomic mass is 9.68. The first-order valence-corrected chi connectivity index (χ1v) is 11.2. The van der Waals surface area contributed by atoms with Gasteiger partial charge < -0.3 is 0 Å². The minimum absolute atomic E-state index is 0.260. The third kappa shape index (κ3) is 6.11. The Morgan fingerprint density at radius 2 is 1.52 bits per heavy atom. The molecule has 0 unspecified atom stereocenters. The van der Waals surface area contributed by atoms with Gasteiger partial charge in [-0.15, -0.1) is 0 Å². The number of nitrogens with zero attached hydrogens (tertiary/aromatic N) is 1. The van der Waals surface area contributed by atoms with Crippen LogP contribution >= 0.6 is 0 Å². The standard InChI is InChI=1S/C25H32F3N/c26-14-2-1-3-18-6-10-21(11-7-18)22-12-8-19(9-13-22)4-5-20-15-24(27)23(17-29)25(28)16-20/h1,3,15-16,18-19,21-22H,2,4-14H2. The SMILES string of the molecule is N#Cc1c(F)cc(CCC2CCC(C3CCC(C=CCCF)CC3)CC2)cc1F. The van der Waals surface area contributed by atoms with Gasteiger partial charge in [0.1, 0.15) is 23.3 Å². The Labute approximate surface area is 173 Å². The Bertz CT molecular complexity index is 697. The minimum Gasteiger partial charge on any atom is -0.251 e. The van der Waals surface area contributed by atoms with Crippen molar-refractivity contribution in [2.24, 2.45) is 23.7 Å². The number of aryl methyl sites for hydroxylation is 1. The van der Waals surface area contributed by atoms with Crippen molar-refractivity contribution in [1.82, 2.24) is 0 Å². The van der Waals surface area contributed by atoms with Gasteiger partial charge in [0.05, 0.1) is 6.67 Å². The normalized spacial score (nSPS) is 27.8. The number of alkyl halides is 1. The maximum absolute atomic E-state index is 13.8. The summed E-state index contributed by atoms with van der Waals surface area (Å²) in [5.41, 5.74) is 0.169. The highest BCUT2D eigenvalue weighted by atomic mass is 19.1. The Balaban J connectivity index is 1.40. The maximum atomic E-state index is 13.8. The Kier molecular flexibility index (Phi) is 8.21. The predicted octanol–water partition coefficient (Wildman–Crippen LogP) is 7.30. The number of hydrogen-bond donors (Lipinski definition) is 0. The van der Waals surface area contributed by atoms with E-state index in [-0.39, 0.29) is 6.67 Å². The van der Waals surface area contributed by atoms with E-state index in [1.807, 2.05) is 6.08 Å². The van der Waals surface area contributed by atoms with Gasteiger partial charge >= 0.3 is 0 Å². The number of allylic oxidation sites excluding steroid dienone is 2. The average Bonchev–Trinajstić information content (AvgIpc) is 2.73. The van der Waals surface area contributed by atoms with Crippen LogP contribution in [-0.4, -0.2) is 6.67 Å². The van der Waals surface area contributed by atoms with Crippen LogP contribution in [0.4, 0.5) is 13.2 Å². The summed E-state index contributed by atoms with van der Waals surface area (Å²) in [5.74, 6) is 1.44. The van der Waals surface area contributed by atoms with Crippen LogP contribution in [0.2, 0.25) is 0 Å². The molecular formula is C25H32F3N. The summed E-state index contributed by atoms with van der Waals surface area (Å²) in [6, 6.07) is 4.21. The van der Waals surface area contributed by atoms with Crippen molar-refractivity contribution in [3.05, 3.63) is 47.0 Å². The van der Waals surface area contributed by atoms with E-state index in [1.54, 1.807) is 6.07 Å². The topological polar surface area (TPSA) is 23.8 Å². The number of benzene rings is 1. The second-order valence-corrected chi connectivity index (χ2v) is 8.95. The lowest BCUT2D eigenvalue weighted by Crippen LogP contribution is -2.25. The molecule has 0 bridgehead atoms. The molecule has 29 heavy (non-hydrogen) atoms. The van der Waals surface area contributed by atoms with Crippen molar-refractivity contribution in [3.63, 3.8) is 0 Å². The first kappa shape index (κ1) is 21.9. The van der Waals surface area contributed by atoms with Crippen LogP contribution in [0.15, 0.2) is 24.3 Å². The average molecular weight is 404 g/mol. The zero-order valence-corrected chi connectivity index (χ0v) is 17.2. The van der Waals surface area contributed by atoms with E-state index in [9.17, 15) is 13.2 Å². The monoisotopic (exact) mass is 403 g/mol. The van der Waals surface area contributed by atoms with Crippen LogP contribution in [0, 0.1) is 46.6 Å². The summed E-state index contributed by atoms with van der Waals surface area (Å²) in [7, 11) is 0. The van der Waals surface area contributed by atoms with Gasteiger partial charge in [-0.2, -0.15) is 5.26 Å². The van der Waals surface area contributed by atoms with E-state index in [1.165, 1.54) is 63.5 Å². The molecular weight excluding hydrogens is 371 g/mol. The minimum atomic E-state index is -0.749. The van der Waals surface area contributed by atoms with Crippen molar-refractivity contribution < 1.29 is 13.2 Å². The lowest BCUT2D eigenvalue weighted by molar-refractivity contribution is 0.152. The summed E-state index contributed by atoms with van der Waals surface area (Å²) < 4.78 is 39.7. The molecule has 4 heteroatoms. The molecule has 0 heterocycles. The van der Waals surface area contributed by atoms with Crippen molar-refractivity contribution >= 4 is 0 Å². The van der Waals surface area contributed by atoms with E-state index >= 15 is 0 Å². The molecule has 0 amide bonds. The third-order valence-electron chi connectivity index (χ3n) is 7.11. The van der Waals surface area contributed by atoms with Gasteiger partial charge in [-0.25, -0.2) is 8.78 Å². The molecule has 2 saturated carbocycles. The van der Waals surface area contributed by atoms with Crippen LogP contribution in [0.3, 0.4) is 0 Å². The van der Waals surface area contributed by atoms with Gasteiger partial charge in [-0.05, 0) is 99.2 Å². The van der Waals surface area contributed by atoms with Gasteiger partial charge in [0.2, 0.25) is 0 Å². The van der Waals surface area contributed by atoms with Crippen LogP contribution in [-0.2, 0) is 6.42 Å². The lowest BCUT2D eigenvalue weighted by Gasteiger charge is -2.37. The molecule has 1 nitrogen and oxygen atoms in total. The molecule has 1 aromatic carbocycles. The zero-order chi connectivity index (χ0) is 20.6.